The third-order valence-electron chi connectivity index (χ3n) is 5.95. The van der Waals surface area contributed by atoms with Gasteiger partial charge in [-0.25, -0.2) is 18.3 Å². The zero-order valence-electron chi connectivity index (χ0n) is 21.7. The maximum atomic E-state index is 15.8. The molecule has 0 spiro atoms. The number of halogens is 2. The van der Waals surface area contributed by atoms with E-state index in [0.29, 0.717) is 0 Å². The number of amidine groups is 1. The van der Waals surface area contributed by atoms with Gasteiger partial charge in [-0.15, -0.1) is 0 Å². The van der Waals surface area contributed by atoms with Crippen LogP contribution in [-0.4, -0.2) is 71.0 Å². The van der Waals surface area contributed by atoms with Gasteiger partial charge >= 0.3 is 13.6 Å². The average molecular weight is 558 g/mol. The number of esters is 1. The molecule has 3 rings (SSSR count). The van der Waals surface area contributed by atoms with Gasteiger partial charge in [-0.2, -0.15) is 0 Å². The van der Waals surface area contributed by atoms with Crippen molar-refractivity contribution in [2.24, 2.45) is 16.6 Å². The van der Waals surface area contributed by atoms with Crippen molar-refractivity contribution in [3.8, 4) is 5.75 Å². The van der Waals surface area contributed by atoms with Gasteiger partial charge in [0, 0.05) is 6.20 Å². The summed E-state index contributed by atoms with van der Waals surface area (Å²) < 4.78 is 66.2. The lowest BCUT2D eigenvalue weighted by Gasteiger charge is -2.34. The molecule has 2 aliphatic heterocycles. The zero-order valence-corrected chi connectivity index (χ0v) is 22.6. The Hall–Kier alpha value is -2.79. The predicted molar refractivity (Wildman–Crippen MR) is 137 cm³/mol. The second kappa shape index (κ2) is 11.9. The van der Waals surface area contributed by atoms with E-state index in [1.54, 1.807) is 44.2 Å². The van der Waals surface area contributed by atoms with Crippen LogP contribution in [0.25, 0.3) is 0 Å². The molecule has 3 N–H and O–H groups in total. The maximum Gasteiger partial charge on any atom is 0.380 e. The highest BCUT2D eigenvalue weighted by atomic mass is 31.2. The average Bonchev–Trinajstić information content (AvgIpc) is 3.10. The third kappa shape index (κ3) is 6.61. The van der Waals surface area contributed by atoms with Crippen LogP contribution in [0.2, 0.25) is 0 Å². The summed E-state index contributed by atoms with van der Waals surface area (Å²) in [6.07, 6.45) is -4.56. The summed E-state index contributed by atoms with van der Waals surface area (Å²) in [5, 5.41) is 10.8. The van der Waals surface area contributed by atoms with Crippen molar-refractivity contribution in [3.63, 3.8) is 0 Å². The van der Waals surface area contributed by atoms with Crippen molar-refractivity contribution in [2.45, 2.75) is 64.0 Å². The summed E-state index contributed by atoms with van der Waals surface area (Å²) in [4.78, 5) is 17.5. The first-order valence-electron chi connectivity index (χ1n) is 12.1. The normalized spacial score (nSPS) is 28.5. The van der Waals surface area contributed by atoms with Crippen LogP contribution >= 0.6 is 7.60 Å². The number of nitrogens with two attached hydrogens (primary N) is 1. The number of hydrogen-bond donors (Lipinski definition) is 2. The lowest BCUT2D eigenvalue weighted by atomic mass is 9.95. The Bertz CT molecular complexity index is 1120. The molecule has 1 fully saturated rings. The molecule has 1 saturated heterocycles. The largest absolute Gasteiger partial charge is 0.463 e. The number of carbonyl (C=O) groups excluding carboxylic acids is 1. The molecule has 7 atom stereocenters. The lowest BCUT2D eigenvalue weighted by molar-refractivity contribution is -0.151. The van der Waals surface area contributed by atoms with Crippen LogP contribution < -0.4 is 10.3 Å². The Labute approximate surface area is 220 Å². The van der Waals surface area contributed by atoms with Gasteiger partial charge in [0.05, 0.1) is 24.3 Å². The molecule has 2 heterocycles. The number of benzene rings is 1. The van der Waals surface area contributed by atoms with Crippen LogP contribution in [0.5, 0.6) is 5.75 Å². The summed E-state index contributed by atoms with van der Waals surface area (Å²) in [5.41, 5.74) is 2.72. The Kier molecular flexibility index (Phi) is 9.35. The number of aliphatic hydroxyl groups is 1. The smallest absolute Gasteiger partial charge is 0.380 e. The number of nitrogens with zero attached hydrogens (tertiary/aromatic N) is 2. The molecule has 0 saturated carbocycles. The van der Waals surface area contributed by atoms with Crippen LogP contribution in [-0.2, 0) is 23.4 Å². The SMILES string of the molecule is C=C1N=C(N)C=CN1[C@@H]1O[C@H]([C@@H](C)O[P@](=O)(C[C@@H](C)C(=O)OC(C)C)Oc2ccccc2)[C@H](O)C1(F)CF. The van der Waals surface area contributed by atoms with Gasteiger partial charge in [0.25, 0.3) is 0 Å². The number of ether oxygens (including phenoxy) is 2. The van der Waals surface area contributed by atoms with Crippen molar-refractivity contribution < 1.29 is 41.8 Å². The van der Waals surface area contributed by atoms with Gasteiger partial charge in [0.2, 0.25) is 5.67 Å². The molecular weight excluding hydrogens is 523 g/mol. The van der Waals surface area contributed by atoms with E-state index in [0.717, 1.165) is 4.90 Å². The van der Waals surface area contributed by atoms with Gasteiger partial charge in [0.1, 0.15) is 36.3 Å². The number of carbonyl (C=O) groups is 1. The molecule has 210 valence electrons. The van der Waals surface area contributed by atoms with E-state index in [1.807, 2.05) is 0 Å². The molecule has 1 unspecified atom stereocenters. The molecule has 13 heteroatoms. The molecule has 0 radical (unpaired) electrons. The van der Waals surface area contributed by atoms with Gasteiger partial charge < -0.3 is 29.7 Å². The summed E-state index contributed by atoms with van der Waals surface area (Å²) in [7, 11) is -4.14. The molecule has 0 amide bonds. The quantitative estimate of drug-likeness (QED) is 0.309. The van der Waals surface area contributed by atoms with Crippen LogP contribution in [0, 0.1) is 5.92 Å². The Morgan fingerprint density at radius 2 is 1.97 bits per heavy atom. The van der Waals surface area contributed by atoms with Gasteiger partial charge in [-0.05, 0) is 39.0 Å². The highest BCUT2D eigenvalue weighted by Crippen LogP contribution is 2.53. The van der Waals surface area contributed by atoms with E-state index in [-0.39, 0.29) is 23.6 Å². The van der Waals surface area contributed by atoms with E-state index >= 15 is 4.39 Å². The van der Waals surface area contributed by atoms with Crippen molar-refractivity contribution in [2.75, 3.05) is 12.8 Å². The van der Waals surface area contributed by atoms with Crippen LogP contribution in [0.1, 0.15) is 27.7 Å². The number of hydrogen-bond acceptors (Lipinski definition) is 10. The fraction of sp³-hybridized carbons (Fsp3) is 0.520. The molecule has 0 bridgehead atoms. The monoisotopic (exact) mass is 557 g/mol. The Balaban J connectivity index is 1.85. The molecule has 38 heavy (non-hydrogen) atoms. The van der Waals surface area contributed by atoms with Gasteiger partial charge in [-0.3, -0.25) is 9.32 Å². The Morgan fingerprint density at radius 1 is 1.32 bits per heavy atom. The molecule has 10 nitrogen and oxygen atoms in total. The van der Waals surface area contributed by atoms with Gasteiger partial charge in [0.15, 0.2) is 6.23 Å². The molecule has 2 aliphatic rings. The van der Waals surface area contributed by atoms with Crippen LogP contribution in [0.15, 0.2) is 60.0 Å². The number of aliphatic hydroxyl groups excluding tert-OH is 1. The molecular formula is C25H34F2N3O7P. The van der Waals surface area contributed by atoms with E-state index in [9.17, 15) is 18.9 Å². The number of aliphatic imine (C=N–C) groups is 1. The predicted octanol–water partition coefficient (Wildman–Crippen LogP) is 3.67. The van der Waals surface area contributed by atoms with E-state index < -0.39 is 62.5 Å². The number of para-hydroxylation sites is 1. The number of alkyl halides is 2. The van der Waals surface area contributed by atoms with Crippen molar-refractivity contribution in [1.29, 1.82) is 0 Å². The van der Waals surface area contributed by atoms with E-state index in [2.05, 4.69) is 11.6 Å². The minimum atomic E-state index is -4.14. The molecule has 1 aromatic carbocycles. The Morgan fingerprint density at radius 3 is 2.55 bits per heavy atom. The molecule has 1 aromatic rings. The first-order chi connectivity index (χ1) is 17.8. The summed E-state index contributed by atoms with van der Waals surface area (Å²) >= 11 is 0. The van der Waals surface area contributed by atoms with Crippen LogP contribution in [0.4, 0.5) is 8.78 Å². The number of rotatable bonds is 11. The minimum absolute atomic E-state index is 0.0255. The van der Waals surface area contributed by atoms with Gasteiger partial charge in [-0.1, -0.05) is 31.7 Å². The summed E-state index contributed by atoms with van der Waals surface area (Å²) in [6, 6.07) is 8.13. The maximum absolute atomic E-state index is 15.8. The standard InChI is InChI=1S/C25H34F2N3O7P/c1-15(2)34-23(32)16(3)13-38(33,37-19-9-7-6-8-10-19)36-17(4)21-22(31)25(27,14-26)24(35-21)30-12-11-20(28)29-18(30)5/h6-12,15-17,21-22,24,31H,5,13-14H2,1-4H3,(H2,28,29)/t16-,17-,21-,22+,24-,25?,38-/m1/s1. The summed E-state index contributed by atoms with van der Waals surface area (Å²) in [5.74, 6) is -1.22. The first kappa shape index (κ1) is 29.8. The van der Waals surface area contributed by atoms with Crippen molar-refractivity contribution in [1.82, 2.24) is 4.90 Å². The van der Waals surface area contributed by atoms with Crippen LogP contribution in [0.3, 0.4) is 0 Å². The van der Waals surface area contributed by atoms with E-state index in [1.165, 1.54) is 26.1 Å². The summed E-state index contributed by atoms with van der Waals surface area (Å²) in [6.45, 7) is 8.32. The highest BCUT2D eigenvalue weighted by Gasteiger charge is 2.62. The minimum Gasteiger partial charge on any atom is -0.463 e. The fourth-order valence-corrected chi connectivity index (χ4v) is 6.17. The lowest BCUT2D eigenvalue weighted by Crippen LogP contribution is -2.52. The molecule has 0 aliphatic carbocycles. The van der Waals surface area contributed by atoms with E-state index in [4.69, 9.17) is 24.3 Å². The second-order valence-electron chi connectivity index (χ2n) is 9.53. The third-order valence-corrected chi connectivity index (χ3v) is 8.09. The molecule has 0 aromatic heterocycles. The highest BCUT2D eigenvalue weighted by molar-refractivity contribution is 7.54. The topological polar surface area (TPSA) is 133 Å². The fourth-order valence-electron chi connectivity index (χ4n) is 4.08. The van der Waals surface area contributed by atoms with Crippen molar-refractivity contribution in [3.05, 3.63) is 55.0 Å². The van der Waals surface area contributed by atoms with Crippen molar-refractivity contribution >= 4 is 19.4 Å². The first-order valence-corrected chi connectivity index (χ1v) is 13.8. The zero-order chi connectivity index (χ0) is 28.3. The second-order valence-corrected chi connectivity index (χ2v) is 11.5.